The minimum Gasteiger partial charge on any atom is -0.395 e. The van der Waals surface area contributed by atoms with Gasteiger partial charge in [0.15, 0.2) is 11.5 Å². The number of ether oxygens (including phenoxy) is 2. The van der Waals surface area contributed by atoms with Crippen molar-refractivity contribution >= 4 is 12.4 Å². The van der Waals surface area contributed by atoms with Crippen LogP contribution in [0.2, 0.25) is 0 Å². The van der Waals surface area contributed by atoms with Crippen molar-refractivity contribution in [1.82, 2.24) is 5.32 Å². The minimum atomic E-state index is -3.52. The maximum absolute atomic E-state index is 12.7. The lowest BCUT2D eigenvalue weighted by Crippen LogP contribution is -2.34. The summed E-state index contributed by atoms with van der Waals surface area (Å²) in [6, 6.07) is 5.16. The Morgan fingerprint density at radius 3 is 2.56 bits per heavy atom. The highest BCUT2D eigenvalue weighted by Gasteiger charge is 2.43. The summed E-state index contributed by atoms with van der Waals surface area (Å²) in [5.41, 5.74) is 0.960. The quantitative estimate of drug-likeness (QED) is 0.829. The van der Waals surface area contributed by atoms with Gasteiger partial charge < -0.3 is 14.8 Å². The van der Waals surface area contributed by atoms with Crippen LogP contribution < -0.4 is 14.8 Å². The van der Waals surface area contributed by atoms with Gasteiger partial charge in [-0.05, 0) is 30.7 Å². The molecule has 0 aromatic heterocycles. The first kappa shape index (κ1) is 11.4. The van der Waals surface area contributed by atoms with Gasteiger partial charge in [-0.3, -0.25) is 0 Å². The largest absolute Gasteiger partial charge is 0.586 e. The molecule has 2 aliphatic heterocycles. The van der Waals surface area contributed by atoms with Crippen molar-refractivity contribution in [1.29, 1.82) is 0 Å². The number of rotatable bonds is 1. The van der Waals surface area contributed by atoms with Gasteiger partial charge in [-0.2, -0.15) is 0 Å². The van der Waals surface area contributed by atoms with E-state index in [4.69, 9.17) is 0 Å². The third-order valence-corrected chi connectivity index (χ3v) is 2.65. The van der Waals surface area contributed by atoms with Gasteiger partial charge in [-0.1, -0.05) is 6.07 Å². The van der Waals surface area contributed by atoms with Gasteiger partial charge in [0.2, 0.25) is 0 Å². The lowest BCUT2D eigenvalue weighted by molar-refractivity contribution is -0.286. The van der Waals surface area contributed by atoms with Gasteiger partial charge in [0.1, 0.15) is 0 Å². The molecule has 0 saturated carbocycles. The third-order valence-electron chi connectivity index (χ3n) is 2.65. The van der Waals surface area contributed by atoms with E-state index < -0.39 is 6.29 Å². The molecule has 0 bridgehead atoms. The van der Waals surface area contributed by atoms with Gasteiger partial charge in [0.25, 0.3) is 0 Å². The molecule has 0 spiro atoms. The molecule has 1 atom stereocenters. The van der Waals surface area contributed by atoms with Crippen molar-refractivity contribution in [2.45, 2.75) is 18.8 Å². The van der Waals surface area contributed by atoms with E-state index in [9.17, 15) is 8.78 Å². The SMILES string of the molecule is Cl.FC1(F)Oc2ccc([C@@H]3CCN3)cc2O1. The van der Waals surface area contributed by atoms with Crippen molar-refractivity contribution in [3.8, 4) is 11.5 Å². The zero-order chi connectivity index (χ0) is 10.5. The highest BCUT2D eigenvalue weighted by Crippen LogP contribution is 2.42. The van der Waals surface area contributed by atoms with E-state index in [0.717, 1.165) is 18.5 Å². The second-order valence-corrected chi connectivity index (χ2v) is 3.67. The number of alkyl halides is 2. The Bertz CT molecular complexity index is 410. The van der Waals surface area contributed by atoms with Crippen LogP contribution in [0, 0.1) is 0 Å². The normalized spacial score (nSPS) is 24.5. The van der Waals surface area contributed by atoms with E-state index >= 15 is 0 Å². The predicted molar refractivity (Wildman–Crippen MR) is 55.3 cm³/mol. The molecule has 0 radical (unpaired) electrons. The standard InChI is InChI=1S/C10H9F2NO2.ClH/c11-10(12)14-8-2-1-6(5-9(8)15-10)7-3-4-13-7;/h1-2,5,7,13H,3-4H2;1H/t7-;/m0./s1. The molecule has 0 aliphatic carbocycles. The Morgan fingerprint density at radius 1 is 1.25 bits per heavy atom. The molecule has 1 aromatic rings. The monoisotopic (exact) mass is 249 g/mol. The Kier molecular flexibility index (Phi) is 2.67. The second-order valence-electron chi connectivity index (χ2n) is 3.67. The summed E-state index contributed by atoms with van der Waals surface area (Å²) < 4.78 is 34.1. The second kappa shape index (κ2) is 3.75. The molecule has 2 heterocycles. The lowest BCUT2D eigenvalue weighted by Gasteiger charge is -2.27. The summed E-state index contributed by atoms with van der Waals surface area (Å²) in [6.45, 7) is 0.968. The van der Waals surface area contributed by atoms with Crippen LogP contribution in [0.25, 0.3) is 0 Å². The van der Waals surface area contributed by atoms with Crippen molar-refractivity contribution < 1.29 is 18.3 Å². The van der Waals surface area contributed by atoms with Gasteiger partial charge in [-0.25, -0.2) is 0 Å². The molecule has 16 heavy (non-hydrogen) atoms. The highest BCUT2D eigenvalue weighted by molar-refractivity contribution is 5.85. The van der Waals surface area contributed by atoms with Gasteiger partial charge in [-0.15, -0.1) is 21.2 Å². The van der Waals surface area contributed by atoms with E-state index in [1.165, 1.54) is 6.07 Å². The van der Waals surface area contributed by atoms with Gasteiger partial charge >= 0.3 is 6.29 Å². The van der Waals surface area contributed by atoms with Crippen LogP contribution in [-0.2, 0) is 0 Å². The summed E-state index contributed by atoms with van der Waals surface area (Å²) in [6.07, 6.45) is -2.50. The zero-order valence-electron chi connectivity index (χ0n) is 8.20. The average molecular weight is 250 g/mol. The molecule has 1 fully saturated rings. The van der Waals surface area contributed by atoms with E-state index in [-0.39, 0.29) is 29.9 Å². The maximum Gasteiger partial charge on any atom is 0.586 e. The Balaban J connectivity index is 0.000000963. The average Bonchev–Trinajstić information content (AvgIpc) is 2.34. The smallest absolute Gasteiger partial charge is 0.395 e. The van der Waals surface area contributed by atoms with Crippen LogP contribution in [0.3, 0.4) is 0 Å². The Hall–Kier alpha value is -1.07. The maximum atomic E-state index is 12.7. The highest BCUT2D eigenvalue weighted by atomic mass is 35.5. The molecule has 2 aliphatic rings. The first-order valence-electron chi connectivity index (χ1n) is 4.77. The minimum absolute atomic E-state index is 0. The molecule has 1 saturated heterocycles. The molecule has 0 amide bonds. The van der Waals surface area contributed by atoms with Crippen molar-refractivity contribution in [2.24, 2.45) is 0 Å². The van der Waals surface area contributed by atoms with Crippen molar-refractivity contribution in [3.63, 3.8) is 0 Å². The van der Waals surface area contributed by atoms with Crippen LogP contribution >= 0.6 is 12.4 Å². The number of nitrogens with one attached hydrogen (secondary N) is 1. The first-order chi connectivity index (χ1) is 7.14. The van der Waals surface area contributed by atoms with Crippen LogP contribution in [0.15, 0.2) is 18.2 Å². The third kappa shape index (κ3) is 1.81. The fourth-order valence-corrected chi connectivity index (χ4v) is 1.76. The summed E-state index contributed by atoms with van der Waals surface area (Å²) in [7, 11) is 0. The lowest BCUT2D eigenvalue weighted by atomic mass is 9.98. The molecule has 1 N–H and O–H groups in total. The van der Waals surface area contributed by atoms with Gasteiger partial charge in [0, 0.05) is 6.04 Å². The van der Waals surface area contributed by atoms with Crippen molar-refractivity contribution in [2.75, 3.05) is 6.54 Å². The van der Waals surface area contributed by atoms with Crippen LogP contribution in [-0.4, -0.2) is 12.8 Å². The molecular weight excluding hydrogens is 240 g/mol. The zero-order valence-corrected chi connectivity index (χ0v) is 9.02. The number of fused-ring (bicyclic) bond motifs is 1. The summed E-state index contributed by atoms with van der Waals surface area (Å²) >= 11 is 0. The fourth-order valence-electron chi connectivity index (χ4n) is 1.76. The predicted octanol–water partition coefficient (Wildman–Crippen LogP) is 2.46. The van der Waals surface area contributed by atoms with E-state index in [1.54, 1.807) is 12.1 Å². The topological polar surface area (TPSA) is 30.5 Å². The van der Waals surface area contributed by atoms with Crippen molar-refractivity contribution in [3.05, 3.63) is 23.8 Å². The molecular formula is C10H10ClF2NO2. The summed E-state index contributed by atoms with van der Waals surface area (Å²) in [5.74, 6) is 0.217. The molecule has 3 nitrogen and oxygen atoms in total. The summed E-state index contributed by atoms with van der Waals surface area (Å²) in [5, 5.41) is 3.19. The molecule has 6 heteroatoms. The number of hydrogen-bond donors (Lipinski definition) is 1. The molecule has 0 unspecified atom stereocenters. The van der Waals surface area contributed by atoms with E-state index in [0.29, 0.717) is 0 Å². The number of halogens is 3. The molecule has 3 rings (SSSR count). The molecule has 1 aromatic carbocycles. The van der Waals surface area contributed by atoms with E-state index in [2.05, 4.69) is 14.8 Å². The Morgan fingerprint density at radius 2 is 1.94 bits per heavy atom. The number of hydrogen-bond acceptors (Lipinski definition) is 3. The van der Waals surface area contributed by atoms with Crippen LogP contribution in [0.5, 0.6) is 11.5 Å². The van der Waals surface area contributed by atoms with Crippen LogP contribution in [0.1, 0.15) is 18.0 Å². The first-order valence-corrected chi connectivity index (χ1v) is 4.77. The Labute approximate surface area is 97.1 Å². The van der Waals surface area contributed by atoms with Crippen LogP contribution in [0.4, 0.5) is 8.78 Å². The summed E-state index contributed by atoms with van der Waals surface area (Å²) in [4.78, 5) is 0. The fraction of sp³-hybridized carbons (Fsp3) is 0.400. The number of benzene rings is 1. The molecule has 88 valence electrons. The van der Waals surface area contributed by atoms with E-state index in [1.807, 2.05) is 0 Å². The van der Waals surface area contributed by atoms with Gasteiger partial charge in [0.05, 0.1) is 0 Å².